The molecular weight excluding hydrogens is 1360 g/mol. The van der Waals surface area contributed by atoms with Gasteiger partial charge in [-0.3, -0.25) is 18.8 Å². The lowest BCUT2D eigenvalue weighted by atomic mass is 10.5. The molecule has 18 aromatic rings. The molecule has 18 rings (SSSR count). The van der Waals surface area contributed by atoms with Crippen LogP contribution in [0.3, 0.4) is 0 Å². The summed E-state index contributed by atoms with van der Waals surface area (Å²) in [6.07, 6.45) is 37.6. The van der Waals surface area contributed by atoms with Crippen LogP contribution in [0.15, 0.2) is 197 Å². The zero-order valence-electron chi connectivity index (χ0n) is 68.3. The molecule has 18 aromatic heterocycles. The molecule has 0 bridgehead atoms. The van der Waals surface area contributed by atoms with Gasteiger partial charge in [0.15, 0.2) is 33.9 Å². The molecule has 0 amide bonds. The maximum Gasteiger partial charge on any atom is 0.252 e. The molecule has 18 heterocycles. The molecule has 0 aliphatic heterocycles. The highest BCUT2D eigenvalue weighted by Crippen LogP contribution is 2.05. The van der Waals surface area contributed by atoms with Crippen LogP contribution in [-0.2, 0) is 0 Å². The van der Waals surface area contributed by atoms with Crippen LogP contribution in [-0.4, -0.2) is 151 Å². The van der Waals surface area contributed by atoms with E-state index in [0.29, 0.717) is 5.78 Å². The molecule has 0 atom stereocenters. The van der Waals surface area contributed by atoms with E-state index in [1.807, 2.05) is 316 Å². The molecule has 0 fully saturated rings. The van der Waals surface area contributed by atoms with E-state index in [9.17, 15) is 0 Å². The summed E-state index contributed by atoms with van der Waals surface area (Å²) in [6, 6.07) is 20.7. The molecule has 0 unspecified atom stereocenters. The third-order valence-electron chi connectivity index (χ3n) is 11.8. The first kappa shape index (κ1) is 93.3. The second kappa shape index (κ2) is 54.9. The van der Waals surface area contributed by atoms with Gasteiger partial charge in [0, 0.05) is 105 Å². The molecule has 0 aromatic carbocycles. The molecule has 0 saturated heterocycles. The first-order valence-corrected chi connectivity index (χ1v) is 36.6. The Balaban J connectivity index is 0.000000591. The lowest BCUT2D eigenvalue weighted by Gasteiger charge is -1.86. The van der Waals surface area contributed by atoms with E-state index < -0.39 is 0 Å². The first-order chi connectivity index (χ1) is 52.7. The molecule has 576 valence electrons. The summed E-state index contributed by atoms with van der Waals surface area (Å²) in [5.74, 6) is 5.27. The van der Waals surface area contributed by atoms with Crippen molar-refractivity contribution in [2.45, 2.75) is 187 Å². The summed E-state index contributed by atoms with van der Waals surface area (Å²) in [5.41, 5.74) is 10.1. The minimum Gasteiger partial charge on any atom is -0.304 e. The topological polar surface area (TPSA) is 323 Å². The molecule has 0 aliphatic rings. The number of aromatic nitrogens is 31. The lowest BCUT2D eigenvalue weighted by Crippen LogP contribution is -1.90. The van der Waals surface area contributed by atoms with Crippen molar-refractivity contribution in [2.24, 2.45) is 0 Å². The fraction of sp³-hybridized carbons (Fsp3) is 0.351. The van der Waals surface area contributed by atoms with Gasteiger partial charge < -0.3 is 4.40 Å². The normalized spacial score (nSPS) is 9.25. The largest absolute Gasteiger partial charge is 0.304 e. The van der Waals surface area contributed by atoms with Crippen molar-refractivity contribution >= 4 is 51.1 Å². The van der Waals surface area contributed by atoms with Gasteiger partial charge in [-0.1, -0.05) is 131 Å². The Labute approximate surface area is 635 Å². The van der Waals surface area contributed by atoms with Gasteiger partial charge in [-0.15, -0.1) is 9.73 Å². The van der Waals surface area contributed by atoms with E-state index in [-0.39, 0.29) is 0 Å². The van der Waals surface area contributed by atoms with Gasteiger partial charge in [0.05, 0.1) is 41.4 Å². The zero-order valence-corrected chi connectivity index (χ0v) is 68.3. The Morgan fingerprint density at radius 2 is 0.676 bits per heavy atom. The quantitative estimate of drug-likeness (QED) is 0.136. The third-order valence-corrected chi connectivity index (χ3v) is 11.8. The fourth-order valence-electron chi connectivity index (χ4n) is 8.17. The maximum absolute atomic E-state index is 4.24. The zero-order chi connectivity index (χ0) is 80.8. The van der Waals surface area contributed by atoms with Gasteiger partial charge >= 0.3 is 0 Å². The molecular formula is C77H113N31. The van der Waals surface area contributed by atoms with Crippen molar-refractivity contribution in [3.05, 3.63) is 249 Å². The molecule has 0 radical (unpaired) electrons. The average Bonchev–Trinajstić information content (AvgIpc) is 1.82. The van der Waals surface area contributed by atoms with Crippen LogP contribution < -0.4 is 0 Å². The maximum atomic E-state index is 4.24. The predicted molar refractivity (Wildman–Crippen MR) is 433 cm³/mol. The predicted octanol–water partition coefficient (Wildman–Crippen LogP) is 16.2. The highest BCUT2D eigenvalue weighted by atomic mass is 15.4. The van der Waals surface area contributed by atoms with Crippen LogP contribution in [0.5, 0.6) is 0 Å². The summed E-state index contributed by atoms with van der Waals surface area (Å²) in [7, 11) is 0. The van der Waals surface area contributed by atoms with E-state index in [4.69, 9.17) is 0 Å². The highest BCUT2D eigenvalue weighted by molar-refractivity contribution is 5.40. The number of rotatable bonds is 0. The fourth-order valence-corrected chi connectivity index (χ4v) is 8.17. The van der Waals surface area contributed by atoms with Crippen molar-refractivity contribution in [1.82, 2.24) is 151 Å². The molecule has 0 saturated carbocycles. The van der Waals surface area contributed by atoms with Crippen LogP contribution in [0.1, 0.15) is 177 Å². The van der Waals surface area contributed by atoms with E-state index in [1.54, 1.807) is 103 Å². The second-order valence-corrected chi connectivity index (χ2v) is 19.2. The Hall–Kier alpha value is -12.7. The molecule has 31 nitrogen and oxygen atoms in total. The summed E-state index contributed by atoms with van der Waals surface area (Å²) >= 11 is 0. The minimum absolute atomic E-state index is 0.653. The average molecular weight is 1470 g/mol. The second-order valence-electron chi connectivity index (χ2n) is 19.2. The lowest BCUT2D eigenvalue weighted by molar-refractivity contribution is 0.787. The summed E-state index contributed by atoms with van der Waals surface area (Å²) in [5, 5.41) is 28.3. The molecule has 108 heavy (non-hydrogen) atoms. The van der Waals surface area contributed by atoms with Crippen LogP contribution in [0.4, 0.5) is 0 Å². The van der Waals surface area contributed by atoms with Crippen molar-refractivity contribution < 1.29 is 0 Å². The monoisotopic (exact) mass is 1470 g/mol. The van der Waals surface area contributed by atoms with Gasteiger partial charge in [-0.25, -0.2) is 82.4 Å². The van der Waals surface area contributed by atoms with Gasteiger partial charge in [-0.2, -0.15) is 35.6 Å². The van der Waals surface area contributed by atoms with Crippen molar-refractivity contribution in [3.8, 4) is 0 Å². The Bertz CT molecular complexity index is 3900. The number of hydrogen-bond donors (Lipinski definition) is 0. The van der Waals surface area contributed by atoms with E-state index >= 15 is 0 Å². The van der Waals surface area contributed by atoms with E-state index in [2.05, 4.69) is 110 Å². The summed E-state index contributed by atoms with van der Waals surface area (Å²) in [4.78, 5) is 61.1. The highest BCUT2D eigenvalue weighted by Gasteiger charge is 2.01. The van der Waals surface area contributed by atoms with E-state index in [0.717, 1.165) is 97.2 Å². The Morgan fingerprint density at radius 1 is 0.241 bits per heavy atom. The van der Waals surface area contributed by atoms with Crippen molar-refractivity contribution in [1.29, 1.82) is 0 Å². The van der Waals surface area contributed by atoms with Crippen molar-refractivity contribution in [2.75, 3.05) is 0 Å². The van der Waals surface area contributed by atoms with Crippen molar-refractivity contribution in [3.63, 3.8) is 0 Å². The summed E-state index contributed by atoms with van der Waals surface area (Å²) < 4.78 is 15.8. The Morgan fingerprint density at radius 3 is 1.26 bits per heavy atom. The SMILES string of the molecule is CC.CC.CC.CC.CC.CC.CC.CC.CC.Cc1cn2cccnc2n1.Cc1cn2ccncc2n1.Cc1cn2cnccc2n1.Cc1cn2ncccc2n1.Cc1nc2ccccn2n1.Cc1nc2cccnn2n1.Cc1nc2ccncn2n1.Cc1nc2cnccn2n1.Cc1nc2ncccn2n1. The molecule has 31 heteroatoms. The van der Waals surface area contributed by atoms with Crippen LogP contribution in [0.25, 0.3) is 51.1 Å². The smallest absolute Gasteiger partial charge is 0.252 e. The van der Waals surface area contributed by atoms with Crippen LogP contribution >= 0.6 is 0 Å². The van der Waals surface area contributed by atoms with Gasteiger partial charge in [0.25, 0.3) is 5.78 Å². The van der Waals surface area contributed by atoms with Crippen LogP contribution in [0, 0.1) is 62.3 Å². The van der Waals surface area contributed by atoms with Gasteiger partial charge in [0.2, 0.25) is 5.78 Å². The molecule has 0 spiro atoms. The van der Waals surface area contributed by atoms with Crippen LogP contribution in [0.2, 0.25) is 0 Å². The first-order valence-electron chi connectivity index (χ1n) is 36.6. The number of pyridine rings is 1. The number of nitrogens with zero attached hydrogens (tertiary/aromatic N) is 31. The van der Waals surface area contributed by atoms with E-state index in [1.165, 1.54) is 4.63 Å². The molecule has 0 aliphatic carbocycles. The third kappa shape index (κ3) is 31.7. The number of fused-ring (bicyclic) bond motifs is 9. The van der Waals surface area contributed by atoms with Gasteiger partial charge in [-0.05, 0) is 117 Å². The number of hydrogen-bond acceptors (Lipinski definition) is 22. The minimum atomic E-state index is 0.653. The number of imidazole rings is 4. The standard InChI is InChI=1S/5C7H7N3.4C6H6N4.9C2H6/c1-6-5-10-3-2-8-4-7(10)9-6;1-6-4-10-5-8-3-2-7(10)9-6;1-6-5-10-4-2-3-8-7(10)9-6;1-6-5-10-7(9-6)3-2-4-8-10;1-6-8-7-4-2-3-5-10(7)9-6;1-5-8-6-4-7-2-3-10(6)9-5;1-5-8-6-2-3-7-4-10(6)9-5;1-5-8-6-7-3-2-4-10(6)9-5;1-5-8-6-3-2-4-7-10(6)9-5;9*1-2/h5*2-5H,1H3;4*2-4H,1H3;9*1-2H3. The number of aryl methyl sites for hydroxylation is 9. The Kier molecular flexibility index (Phi) is 47.4. The summed E-state index contributed by atoms with van der Waals surface area (Å²) in [6.45, 7) is 53.1. The van der Waals surface area contributed by atoms with Gasteiger partial charge in [0.1, 0.15) is 47.4 Å². The molecule has 0 N–H and O–H groups in total.